The molecule has 0 spiro atoms. The topological polar surface area (TPSA) is 81.8 Å². The van der Waals surface area contributed by atoms with Gasteiger partial charge in [-0.1, -0.05) is 12.1 Å². The van der Waals surface area contributed by atoms with Gasteiger partial charge >= 0.3 is 0 Å². The number of H-pyrrole nitrogens is 1. The van der Waals surface area contributed by atoms with Crippen molar-refractivity contribution in [2.45, 2.75) is 18.9 Å². The summed E-state index contributed by atoms with van der Waals surface area (Å²) in [6.07, 6.45) is 2.98. The largest absolute Gasteiger partial charge is 0.382 e. The number of hydrogen-bond acceptors (Lipinski definition) is 4. The Bertz CT molecular complexity index is 865. The van der Waals surface area contributed by atoms with E-state index in [2.05, 4.69) is 50.4 Å². The quantitative estimate of drug-likeness (QED) is 0.540. The maximum atomic E-state index is 10.7. The molecule has 6 heteroatoms. The summed E-state index contributed by atoms with van der Waals surface area (Å²) in [6, 6.07) is 14.6. The standard InChI is InChI=1S/C19H21N5O/c25-12-21-16-5-6-18-17(11-16)19(24-23-18)13-1-3-14(4-2-13)22-15-7-9-20-10-8-15/h1-6,11-12,15,20,22H,7-10H2,(H,21,25)(H,23,24). The highest BCUT2D eigenvalue weighted by molar-refractivity contribution is 5.96. The van der Waals surface area contributed by atoms with Crippen LogP contribution in [0.25, 0.3) is 22.2 Å². The first kappa shape index (κ1) is 15.7. The molecule has 4 N–H and O–H groups in total. The third kappa shape index (κ3) is 3.34. The normalized spacial score (nSPS) is 15.2. The first-order valence-corrected chi connectivity index (χ1v) is 8.59. The van der Waals surface area contributed by atoms with E-state index in [4.69, 9.17) is 0 Å². The molecule has 2 aromatic carbocycles. The van der Waals surface area contributed by atoms with E-state index in [-0.39, 0.29) is 0 Å². The Morgan fingerprint density at radius 2 is 1.80 bits per heavy atom. The maximum absolute atomic E-state index is 10.7. The highest BCUT2D eigenvalue weighted by atomic mass is 16.1. The molecule has 1 aromatic heterocycles. The third-order valence-electron chi connectivity index (χ3n) is 4.66. The first-order chi connectivity index (χ1) is 12.3. The molecular weight excluding hydrogens is 314 g/mol. The molecule has 25 heavy (non-hydrogen) atoms. The summed E-state index contributed by atoms with van der Waals surface area (Å²) >= 11 is 0. The van der Waals surface area contributed by atoms with Crippen LogP contribution in [0, 0.1) is 0 Å². The molecule has 1 amide bonds. The molecular formula is C19H21N5O. The summed E-state index contributed by atoms with van der Waals surface area (Å²) in [5.74, 6) is 0. The van der Waals surface area contributed by atoms with Crippen molar-refractivity contribution < 1.29 is 4.79 Å². The number of hydrogen-bond donors (Lipinski definition) is 4. The summed E-state index contributed by atoms with van der Waals surface area (Å²) in [5, 5.41) is 18.1. The van der Waals surface area contributed by atoms with Gasteiger partial charge in [0.1, 0.15) is 0 Å². The van der Waals surface area contributed by atoms with E-state index < -0.39 is 0 Å². The van der Waals surface area contributed by atoms with E-state index in [1.807, 2.05) is 18.2 Å². The fourth-order valence-corrected chi connectivity index (χ4v) is 3.32. The molecule has 1 fully saturated rings. The minimum absolute atomic E-state index is 0.537. The average Bonchev–Trinajstić information content (AvgIpc) is 3.07. The van der Waals surface area contributed by atoms with Gasteiger partial charge in [-0.3, -0.25) is 9.89 Å². The predicted octanol–water partition coefficient (Wildman–Crippen LogP) is 2.96. The van der Waals surface area contributed by atoms with Crippen LogP contribution in [0.5, 0.6) is 0 Å². The molecule has 0 radical (unpaired) electrons. The highest BCUT2D eigenvalue weighted by Crippen LogP contribution is 2.29. The van der Waals surface area contributed by atoms with Gasteiger partial charge in [0.15, 0.2) is 0 Å². The molecule has 0 saturated carbocycles. The van der Waals surface area contributed by atoms with Crippen LogP contribution >= 0.6 is 0 Å². The van der Waals surface area contributed by atoms with Crippen molar-refractivity contribution in [2.75, 3.05) is 23.7 Å². The van der Waals surface area contributed by atoms with Crippen molar-refractivity contribution >= 4 is 28.7 Å². The van der Waals surface area contributed by atoms with Crippen LogP contribution in [-0.2, 0) is 4.79 Å². The lowest BCUT2D eigenvalue weighted by atomic mass is 10.0. The second-order valence-electron chi connectivity index (χ2n) is 6.34. The van der Waals surface area contributed by atoms with Crippen LogP contribution in [0.3, 0.4) is 0 Å². The Balaban J connectivity index is 1.58. The van der Waals surface area contributed by atoms with E-state index in [0.29, 0.717) is 12.5 Å². The zero-order valence-electron chi connectivity index (χ0n) is 13.9. The van der Waals surface area contributed by atoms with Crippen LogP contribution < -0.4 is 16.0 Å². The molecule has 0 aliphatic carbocycles. The molecule has 128 valence electrons. The second-order valence-corrected chi connectivity index (χ2v) is 6.34. The highest BCUT2D eigenvalue weighted by Gasteiger charge is 2.13. The van der Waals surface area contributed by atoms with Crippen molar-refractivity contribution in [2.24, 2.45) is 0 Å². The van der Waals surface area contributed by atoms with Crippen molar-refractivity contribution in [3.8, 4) is 11.3 Å². The number of piperidine rings is 1. The smallest absolute Gasteiger partial charge is 0.211 e. The fourth-order valence-electron chi connectivity index (χ4n) is 3.32. The summed E-state index contributed by atoms with van der Waals surface area (Å²) < 4.78 is 0. The predicted molar refractivity (Wildman–Crippen MR) is 101 cm³/mol. The average molecular weight is 335 g/mol. The lowest BCUT2D eigenvalue weighted by Crippen LogP contribution is -2.35. The van der Waals surface area contributed by atoms with Crippen molar-refractivity contribution in [1.82, 2.24) is 15.5 Å². The van der Waals surface area contributed by atoms with Gasteiger partial charge < -0.3 is 16.0 Å². The minimum Gasteiger partial charge on any atom is -0.382 e. The van der Waals surface area contributed by atoms with E-state index >= 15 is 0 Å². The summed E-state index contributed by atoms with van der Waals surface area (Å²) in [7, 11) is 0. The van der Waals surface area contributed by atoms with Crippen LogP contribution in [0.15, 0.2) is 42.5 Å². The molecule has 4 rings (SSSR count). The van der Waals surface area contributed by atoms with Crippen LogP contribution in [-0.4, -0.2) is 35.7 Å². The fraction of sp³-hybridized carbons (Fsp3) is 0.263. The zero-order chi connectivity index (χ0) is 17.1. The number of nitrogens with one attached hydrogen (secondary N) is 4. The molecule has 1 saturated heterocycles. The molecule has 6 nitrogen and oxygen atoms in total. The van der Waals surface area contributed by atoms with E-state index in [1.54, 1.807) is 0 Å². The molecule has 0 bridgehead atoms. The minimum atomic E-state index is 0.537. The molecule has 3 aromatic rings. The number of benzene rings is 2. The van der Waals surface area contributed by atoms with Gasteiger partial charge in [-0.2, -0.15) is 5.10 Å². The van der Waals surface area contributed by atoms with Gasteiger partial charge in [0.05, 0.1) is 11.2 Å². The number of carbonyl (C=O) groups is 1. The lowest BCUT2D eigenvalue weighted by Gasteiger charge is -2.24. The van der Waals surface area contributed by atoms with Crippen LogP contribution in [0.1, 0.15) is 12.8 Å². The van der Waals surface area contributed by atoms with Crippen molar-refractivity contribution in [1.29, 1.82) is 0 Å². The Morgan fingerprint density at radius 3 is 2.56 bits per heavy atom. The summed E-state index contributed by atoms with van der Waals surface area (Å²) in [6.45, 7) is 2.15. The summed E-state index contributed by atoms with van der Waals surface area (Å²) in [5.41, 5.74) is 4.78. The molecule has 2 heterocycles. The number of aromatic amines is 1. The van der Waals surface area contributed by atoms with Crippen molar-refractivity contribution in [3.63, 3.8) is 0 Å². The number of rotatable bonds is 5. The lowest BCUT2D eigenvalue weighted by molar-refractivity contribution is -0.105. The monoisotopic (exact) mass is 335 g/mol. The third-order valence-corrected chi connectivity index (χ3v) is 4.66. The molecule has 1 aliphatic heterocycles. The Kier molecular flexibility index (Phi) is 4.35. The molecule has 0 unspecified atom stereocenters. The van der Waals surface area contributed by atoms with Gasteiger partial charge in [-0.05, 0) is 56.3 Å². The number of amides is 1. The van der Waals surface area contributed by atoms with Gasteiger partial charge in [-0.15, -0.1) is 0 Å². The Morgan fingerprint density at radius 1 is 1.04 bits per heavy atom. The Labute approximate surface area is 146 Å². The Hall–Kier alpha value is -2.86. The SMILES string of the molecule is O=CNc1ccc2[nH]nc(-c3ccc(NC4CCNCC4)cc3)c2c1. The molecule has 0 atom stereocenters. The van der Waals surface area contributed by atoms with Gasteiger partial charge in [0.25, 0.3) is 0 Å². The van der Waals surface area contributed by atoms with Gasteiger partial charge in [0.2, 0.25) is 6.41 Å². The first-order valence-electron chi connectivity index (χ1n) is 8.59. The number of carbonyl (C=O) groups excluding carboxylic acids is 1. The second kappa shape index (κ2) is 6.94. The maximum Gasteiger partial charge on any atom is 0.211 e. The summed E-state index contributed by atoms with van der Waals surface area (Å²) in [4.78, 5) is 10.7. The van der Waals surface area contributed by atoms with Gasteiger partial charge in [0, 0.05) is 28.4 Å². The number of anilines is 2. The van der Waals surface area contributed by atoms with Gasteiger partial charge in [-0.25, -0.2) is 0 Å². The van der Waals surface area contributed by atoms with Crippen LogP contribution in [0.2, 0.25) is 0 Å². The zero-order valence-corrected chi connectivity index (χ0v) is 13.9. The van der Waals surface area contributed by atoms with E-state index in [1.165, 1.54) is 0 Å². The number of fused-ring (bicyclic) bond motifs is 1. The van der Waals surface area contributed by atoms with Crippen molar-refractivity contribution in [3.05, 3.63) is 42.5 Å². The van der Waals surface area contributed by atoms with E-state index in [9.17, 15) is 4.79 Å². The van der Waals surface area contributed by atoms with Crippen LogP contribution in [0.4, 0.5) is 11.4 Å². The van der Waals surface area contributed by atoms with E-state index in [0.717, 1.165) is 59.5 Å². The molecule has 1 aliphatic rings. The number of nitrogens with zero attached hydrogens (tertiary/aromatic N) is 1. The number of aromatic nitrogens is 2.